The summed E-state index contributed by atoms with van der Waals surface area (Å²) in [4.78, 5) is 27.4. The zero-order chi connectivity index (χ0) is 22.1. The Morgan fingerprint density at radius 1 is 1.19 bits per heavy atom. The number of fused-ring (bicyclic) bond motifs is 1. The van der Waals surface area contributed by atoms with Crippen LogP contribution >= 0.6 is 22.9 Å². The number of carbonyl (C=O) groups excluding carboxylic acids is 1. The van der Waals surface area contributed by atoms with Crippen molar-refractivity contribution in [1.82, 2.24) is 15.0 Å². The lowest BCUT2D eigenvalue weighted by Gasteiger charge is -2.26. The summed E-state index contributed by atoms with van der Waals surface area (Å²) in [5.41, 5.74) is 3.41. The second kappa shape index (κ2) is 8.64. The monoisotopic (exact) mass is 466 g/mol. The zero-order valence-corrected chi connectivity index (χ0v) is 18.7. The maximum Gasteiger partial charge on any atom is 0.270 e. The van der Waals surface area contributed by atoms with E-state index in [9.17, 15) is 4.79 Å². The van der Waals surface area contributed by atoms with Gasteiger partial charge in [0.25, 0.3) is 5.91 Å². The molecular formula is C23H19ClN4O3S. The van der Waals surface area contributed by atoms with Crippen molar-refractivity contribution < 1.29 is 14.3 Å². The van der Waals surface area contributed by atoms with Gasteiger partial charge in [-0.05, 0) is 24.3 Å². The summed E-state index contributed by atoms with van der Waals surface area (Å²) in [6.07, 6.45) is 4.00. The highest BCUT2D eigenvalue weighted by Crippen LogP contribution is 2.37. The molecule has 3 heterocycles. The summed E-state index contributed by atoms with van der Waals surface area (Å²) in [5, 5.41) is 1.49. The second-order valence-corrected chi connectivity index (χ2v) is 8.64. The van der Waals surface area contributed by atoms with Gasteiger partial charge in [-0.1, -0.05) is 23.7 Å². The third kappa shape index (κ3) is 3.94. The molecule has 1 N–H and O–H groups in total. The van der Waals surface area contributed by atoms with Gasteiger partial charge < -0.3 is 19.4 Å². The Morgan fingerprint density at radius 3 is 2.78 bits per heavy atom. The molecular weight excluding hydrogens is 448 g/mol. The first-order valence-corrected chi connectivity index (χ1v) is 11.2. The Kier molecular flexibility index (Phi) is 5.55. The topological polar surface area (TPSA) is 80.3 Å². The Morgan fingerprint density at radius 2 is 2.03 bits per heavy atom. The summed E-state index contributed by atoms with van der Waals surface area (Å²) >= 11 is 7.40. The largest absolute Gasteiger partial charge is 0.493 e. The van der Waals surface area contributed by atoms with Crippen LogP contribution in [-0.2, 0) is 13.0 Å². The van der Waals surface area contributed by atoms with Crippen molar-refractivity contribution in [3.63, 3.8) is 0 Å². The number of nitrogens with zero attached hydrogens (tertiary/aromatic N) is 3. The normalized spacial score (nSPS) is 13.2. The van der Waals surface area contributed by atoms with Crippen molar-refractivity contribution in [2.24, 2.45) is 0 Å². The van der Waals surface area contributed by atoms with Gasteiger partial charge in [0, 0.05) is 35.3 Å². The van der Waals surface area contributed by atoms with Crippen LogP contribution in [0.5, 0.6) is 11.5 Å². The van der Waals surface area contributed by atoms with E-state index in [1.165, 1.54) is 11.3 Å². The second-order valence-electron chi connectivity index (χ2n) is 7.21. The maximum absolute atomic E-state index is 13.3. The first kappa shape index (κ1) is 20.5. The first-order valence-electron chi connectivity index (χ1n) is 9.98. The number of amides is 1. The molecule has 0 bridgehead atoms. The molecule has 0 unspecified atom stereocenters. The van der Waals surface area contributed by atoms with E-state index in [1.807, 2.05) is 42.5 Å². The molecule has 32 heavy (non-hydrogen) atoms. The van der Waals surface area contributed by atoms with Gasteiger partial charge >= 0.3 is 0 Å². The number of aromatic amines is 1. The van der Waals surface area contributed by atoms with Gasteiger partial charge in [-0.15, -0.1) is 11.3 Å². The molecule has 1 aliphatic heterocycles. The van der Waals surface area contributed by atoms with Crippen molar-refractivity contribution in [2.75, 3.05) is 18.6 Å². The smallest absolute Gasteiger partial charge is 0.270 e. The average Bonchev–Trinajstić information content (AvgIpc) is 3.49. The van der Waals surface area contributed by atoms with Gasteiger partial charge in [0.05, 0.1) is 31.0 Å². The van der Waals surface area contributed by atoms with Crippen LogP contribution in [0.25, 0.3) is 10.6 Å². The number of nitrogens with one attached hydrogen (secondary N) is 1. The van der Waals surface area contributed by atoms with E-state index < -0.39 is 0 Å². The molecule has 0 aliphatic carbocycles. The fourth-order valence-corrected chi connectivity index (χ4v) is 4.75. The summed E-state index contributed by atoms with van der Waals surface area (Å²) < 4.78 is 11.4. The van der Waals surface area contributed by atoms with Gasteiger partial charge in [0.1, 0.15) is 16.5 Å². The number of ether oxygens (including phenoxy) is 2. The van der Waals surface area contributed by atoms with Crippen LogP contribution in [-0.4, -0.2) is 34.5 Å². The first-order chi connectivity index (χ1) is 15.6. The summed E-state index contributed by atoms with van der Waals surface area (Å²) in [6.45, 7) is 0.892. The Labute approximate surface area is 193 Å². The third-order valence-electron chi connectivity index (χ3n) is 5.20. The number of hydrogen-bond donors (Lipinski definition) is 1. The minimum absolute atomic E-state index is 0.0582. The summed E-state index contributed by atoms with van der Waals surface area (Å²) in [6, 6.07) is 13.0. The SMILES string of the molecule is COc1cc(N2CCc3nc(-c4ccc(Cl)cc4)sc3C2=O)ccc1OCc1cnc[nH]1. The molecule has 7 nitrogen and oxygen atoms in total. The standard InChI is InChI=1S/C23H19ClN4O3S/c1-30-20-10-17(6-7-19(20)31-12-16-11-25-13-26-16)28-9-8-18-21(23(28)29)32-22(27-18)14-2-4-15(24)5-3-14/h2-7,10-11,13H,8-9,12H2,1H3,(H,25,26). The molecule has 0 radical (unpaired) electrons. The van der Waals surface area contributed by atoms with Crippen LogP contribution in [0.1, 0.15) is 21.1 Å². The lowest BCUT2D eigenvalue weighted by atomic mass is 10.1. The van der Waals surface area contributed by atoms with Crippen molar-refractivity contribution in [1.29, 1.82) is 0 Å². The van der Waals surface area contributed by atoms with Crippen LogP contribution in [0, 0.1) is 0 Å². The average molecular weight is 467 g/mol. The molecule has 0 saturated heterocycles. The Bertz CT molecular complexity index is 1250. The summed E-state index contributed by atoms with van der Waals surface area (Å²) in [5.74, 6) is 1.10. The van der Waals surface area contributed by atoms with Crippen molar-refractivity contribution >= 4 is 34.5 Å². The quantitative estimate of drug-likeness (QED) is 0.433. The van der Waals surface area contributed by atoms with Gasteiger partial charge in [-0.25, -0.2) is 9.97 Å². The van der Waals surface area contributed by atoms with Crippen LogP contribution in [0.4, 0.5) is 5.69 Å². The van der Waals surface area contributed by atoms with Crippen LogP contribution in [0.2, 0.25) is 5.02 Å². The number of H-pyrrole nitrogens is 1. The summed E-state index contributed by atoms with van der Waals surface area (Å²) in [7, 11) is 1.58. The van der Waals surface area contributed by atoms with Crippen molar-refractivity contribution in [3.05, 3.63) is 76.3 Å². The van der Waals surface area contributed by atoms with Crippen LogP contribution in [0.15, 0.2) is 55.0 Å². The number of aromatic nitrogens is 3. The van der Waals surface area contributed by atoms with Crippen LogP contribution in [0.3, 0.4) is 0 Å². The molecule has 2 aromatic carbocycles. The van der Waals surface area contributed by atoms with Gasteiger partial charge in [0.15, 0.2) is 11.5 Å². The number of methoxy groups -OCH3 is 1. The zero-order valence-electron chi connectivity index (χ0n) is 17.2. The minimum Gasteiger partial charge on any atom is -0.493 e. The molecule has 5 rings (SSSR count). The van der Waals surface area contributed by atoms with E-state index in [0.717, 1.165) is 27.6 Å². The molecule has 0 fully saturated rings. The highest BCUT2D eigenvalue weighted by molar-refractivity contribution is 7.17. The number of thiazole rings is 1. The molecule has 4 aromatic rings. The lowest BCUT2D eigenvalue weighted by molar-refractivity contribution is 0.0984. The predicted octanol–water partition coefficient (Wildman–Crippen LogP) is 4.98. The highest BCUT2D eigenvalue weighted by Gasteiger charge is 2.30. The molecule has 0 saturated carbocycles. The van der Waals surface area contributed by atoms with Crippen molar-refractivity contribution in [2.45, 2.75) is 13.0 Å². The van der Waals surface area contributed by atoms with Crippen molar-refractivity contribution in [3.8, 4) is 22.1 Å². The van der Waals surface area contributed by atoms with E-state index in [4.69, 9.17) is 26.1 Å². The Balaban J connectivity index is 1.38. The number of rotatable bonds is 6. The molecule has 1 aliphatic rings. The van der Waals surface area contributed by atoms with Gasteiger partial charge in [-0.2, -0.15) is 0 Å². The fourth-order valence-electron chi connectivity index (χ4n) is 3.55. The third-order valence-corrected chi connectivity index (χ3v) is 6.58. The van der Waals surface area contributed by atoms with E-state index in [-0.39, 0.29) is 5.91 Å². The van der Waals surface area contributed by atoms with E-state index in [2.05, 4.69) is 9.97 Å². The van der Waals surface area contributed by atoms with E-state index in [1.54, 1.807) is 24.5 Å². The van der Waals surface area contributed by atoms with E-state index in [0.29, 0.717) is 41.0 Å². The maximum atomic E-state index is 13.3. The number of imidazole rings is 1. The molecule has 1 amide bonds. The number of halogens is 1. The highest BCUT2D eigenvalue weighted by atomic mass is 35.5. The number of benzene rings is 2. The number of anilines is 1. The molecule has 0 atom stereocenters. The molecule has 0 spiro atoms. The number of carbonyl (C=O) groups is 1. The Hall–Kier alpha value is -3.36. The minimum atomic E-state index is -0.0582. The molecule has 9 heteroatoms. The van der Waals surface area contributed by atoms with E-state index >= 15 is 0 Å². The predicted molar refractivity (Wildman–Crippen MR) is 124 cm³/mol. The van der Waals surface area contributed by atoms with Crippen LogP contribution < -0.4 is 14.4 Å². The fraction of sp³-hybridized carbons (Fsp3) is 0.174. The molecule has 162 valence electrons. The van der Waals surface area contributed by atoms with Gasteiger partial charge in [-0.3, -0.25) is 4.79 Å². The lowest BCUT2D eigenvalue weighted by Crippen LogP contribution is -2.36. The molecule has 2 aromatic heterocycles. The van der Waals surface area contributed by atoms with Gasteiger partial charge in [0.2, 0.25) is 0 Å². The number of hydrogen-bond acceptors (Lipinski definition) is 6.